The van der Waals surface area contributed by atoms with Crippen LogP contribution in [0.15, 0.2) is 54.6 Å². The minimum Gasteiger partial charge on any atom is -0.488 e. The summed E-state index contributed by atoms with van der Waals surface area (Å²) in [6.45, 7) is 7.58. The van der Waals surface area contributed by atoms with E-state index in [1.54, 1.807) is 55.5 Å². The topological polar surface area (TPSA) is 180 Å². The number of rotatable bonds is 7. The van der Waals surface area contributed by atoms with Crippen LogP contribution < -0.4 is 26.4 Å². The number of nitrogens with two attached hydrogens (primary N) is 1. The number of aliphatic carboxylic acids is 1. The molecule has 3 aliphatic heterocycles. The highest BCUT2D eigenvalue weighted by Gasteiger charge is 2.46. The molecule has 46 heavy (non-hydrogen) atoms. The van der Waals surface area contributed by atoms with Crippen molar-refractivity contribution >= 4 is 29.6 Å². The van der Waals surface area contributed by atoms with Gasteiger partial charge in [-0.1, -0.05) is 76.6 Å². The zero-order valence-corrected chi connectivity index (χ0v) is 26.8. The normalized spacial score (nSPS) is 25.4. The predicted molar refractivity (Wildman–Crippen MR) is 171 cm³/mol. The Morgan fingerprint density at radius 2 is 1.63 bits per heavy atom. The van der Waals surface area contributed by atoms with Gasteiger partial charge in [0.15, 0.2) is 0 Å². The molecule has 0 aliphatic carbocycles. The van der Waals surface area contributed by atoms with Gasteiger partial charge in [-0.3, -0.25) is 19.2 Å². The van der Waals surface area contributed by atoms with Gasteiger partial charge in [-0.05, 0) is 35.1 Å². The number of nitrogens with one attached hydrogen (secondary N) is 3. The molecule has 0 spiro atoms. The fraction of sp³-hybridized carbons (Fsp3) is 0.500. The van der Waals surface area contributed by atoms with Crippen molar-refractivity contribution in [3.8, 4) is 5.75 Å². The number of carbonyl (C=O) groups excluding carboxylic acids is 4. The molecule has 2 bridgehead atoms. The molecule has 4 amide bonds. The van der Waals surface area contributed by atoms with Crippen LogP contribution in [0.3, 0.4) is 0 Å². The van der Waals surface area contributed by atoms with Crippen molar-refractivity contribution in [2.24, 2.45) is 17.6 Å². The van der Waals surface area contributed by atoms with Crippen molar-refractivity contribution < 1.29 is 33.8 Å². The Kier molecular flexibility index (Phi) is 11.4. The molecule has 5 rings (SSSR count). The quantitative estimate of drug-likeness (QED) is 0.283. The highest BCUT2D eigenvalue weighted by atomic mass is 16.5. The first-order valence-electron chi connectivity index (χ1n) is 15.9. The van der Waals surface area contributed by atoms with Crippen LogP contribution >= 0.6 is 0 Å². The molecule has 0 saturated carbocycles. The summed E-state index contributed by atoms with van der Waals surface area (Å²) in [5, 5.41) is 18.2. The summed E-state index contributed by atoms with van der Waals surface area (Å²) in [5.74, 6) is -3.54. The SMILES string of the molecule is CCC(C)C1NC(=O)C2C(CCN2C(=O)C(N)C(C)C)Oc2ccc(cc2)CC(C(=O)O)NC(=O)C(Cc2ccccc2)NC1=O. The molecule has 1 saturated heterocycles. The van der Waals surface area contributed by atoms with Crippen LogP contribution in [0.2, 0.25) is 0 Å². The molecule has 7 atom stereocenters. The van der Waals surface area contributed by atoms with E-state index in [4.69, 9.17) is 10.5 Å². The van der Waals surface area contributed by atoms with E-state index < -0.39 is 60.0 Å². The zero-order chi connectivity index (χ0) is 33.5. The fourth-order valence-electron chi connectivity index (χ4n) is 5.77. The molecule has 0 radical (unpaired) electrons. The van der Waals surface area contributed by atoms with Gasteiger partial charge in [-0.2, -0.15) is 0 Å². The van der Waals surface area contributed by atoms with E-state index in [-0.39, 0.29) is 37.1 Å². The third-order valence-corrected chi connectivity index (χ3v) is 8.87. The van der Waals surface area contributed by atoms with Gasteiger partial charge in [0.2, 0.25) is 23.6 Å². The third-order valence-electron chi connectivity index (χ3n) is 8.87. The zero-order valence-electron chi connectivity index (χ0n) is 26.8. The fourth-order valence-corrected chi connectivity index (χ4v) is 5.77. The lowest BCUT2D eigenvalue weighted by atomic mass is 9.96. The summed E-state index contributed by atoms with van der Waals surface area (Å²) in [6, 6.07) is 10.4. The van der Waals surface area contributed by atoms with Crippen molar-refractivity contribution in [1.29, 1.82) is 0 Å². The second-order valence-electron chi connectivity index (χ2n) is 12.6. The Morgan fingerprint density at radius 3 is 2.24 bits per heavy atom. The van der Waals surface area contributed by atoms with E-state index in [9.17, 15) is 29.1 Å². The summed E-state index contributed by atoms with van der Waals surface area (Å²) in [5.41, 5.74) is 7.61. The molecule has 12 heteroatoms. The maximum absolute atomic E-state index is 14.1. The van der Waals surface area contributed by atoms with Crippen LogP contribution in [-0.2, 0) is 36.8 Å². The first-order valence-corrected chi connectivity index (χ1v) is 15.9. The van der Waals surface area contributed by atoms with E-state index in [0.29, 0.717) is 24.2 Å². The number of likely N-dealkylation sites (tertiary alicyclic amines) is 1. The van der Waals surface area contributed by atoms with Crippen LogP contribution in [0, 0.1) is 11.8 Å². The summed E-state index contributed by atoms with van der Waals surface area (Å²) >= 11 is 0. The second kappa shape index (κ2) is 15.2. The number of hydrogen-bond acceptors (Lipinski definition) is 7. The lowest BCUT2D eigenvalue weighted by Gasteiger charge is -2.33. The lowest BCUT2D eigenvalue weighted by Crippen LogP contribution is -2.61. The number of amides is 4. The van der Waals surface area contributed by atoms with Gasteiger partial charge >= 0.3 is 5.97 Å². The monoisotopic (exact) mass is 635 g/mol. The Labute approximate surface area is 269 Å². The van der Waals surface area contributed by atoms with E-state index in [1.165, 1.54) is 4.90 Å². The van der Waals surface area contributed by atoms with Crippen LogP contribution in [0.25, 0.3) is 0 Å². The van der Waals surface area contributed by atoms with Gasteiger partial charge in [0.1, 0.15) is 36.0 Å². The van der Waals surface area contributed by atoms with E-state index in [0.717, 1.165) is 5.56 Å². The van der Waals surface area contributed by atoms with Crippen molar-refractivity contribution in [3.63, 3.8) is 0 Å². The van der Waals surface area contributed by atoms with Gasteiger partial charge in [0.05, 0.1) is 6.04 Å². The highest BCUT2D eigenvalue weighted by Crippen LogP contribution is 2.27. The predicted octanol–water partition coefficient (Wildman–Crippen LogP) is 1.40. The summed E-state index contributed by atoms with van der Waals surface area (Å²) in [7, 11) is 0. The van der Waals surface area contributed by atoms with Crippen LogP contribution in [0.1, 0.15) is 51.7 Å². The molecule has 1 fully saturated rings. The average molecular weight is 636 g/mol. The van der Waals surface area contributed by atoms with Gasteiger partial charge < -0.3 is 36.4 Å². The van der Waals surface area contributed by atoms with Crippen molar-refractivity contribution in [1.82, 2.24) is 20.9 Å². The summed E-state index contributed by atoms with van der Waals surface area (Å²) in [6.07, 6.45) is 0.229. The molecule has 7 unspecified atom stereocenters. The number of carboxylic acid groups (broad SMARTS) is 1. The molecule has 3 aliphatic rings. The molecular weight excluding hydrogens is 590 g/mol. The van der Waals surface area contributed by atoms with Crippen LogP contribution in [-0.4, -0.2) is 82.5 Å². The molecule has 12 nitrogen and oxygen atoms in total. The third kappa shape index (κ3) is 8.22. The Morgan fingerprint density at radius 1 is 0.957 bits per heavy atom. The maximum Gasteiger partial charge on any atom is 0.326 e. The number of benzene rings is 2. The smallest absolute Gasteiger partial charge is 0.326 e. The second-order valence-corrected chi connectivity index (χ2v) is 12.6. The van der Waals surface area contributed by atoms with E-state index in [2.05, 4.69) is 16.0 Å². The summed E-state index contributed by atoms with van der Waals surface area (Å²) in [4.78, 5) is 68.7. The van der Waals surface area contributed by atoms with Crippen molar-refractivity contribution in [2.45, 2.75) is 89.7 Å². The molecule has 2 aromatic rings. The number of hydrogen-bond donors (Lipinski definition) is 5. The number of carboxylic acids is 1. The minimum atomic E-state index is -1.26. The Bertz CT molecular complexity index is 1400. The van der Waals surface area contributed by atoms with Crippen LogP contribution in [0.5, 0.6) is 5.75 Å². The molecule has 0 aromatic heterocycles. The van der Waals surface area contributed by atoms with Gasteiger partial charge in [0.25, 0.3) is 0 Å². The molecule has 248 valence electrons. The number of nitrogens with zero attached hydrogens (tertiary/aromatic N) is 1. The molecule has 3 heterocycles. The first kappa shape index (κ1) is 34.4. The van der Waals surface area contributed by atoms with Gasteiger partial charge in [-0.25, -0.2) is 4.79 Å². The van der Waals surface area contributed by atoms with E-state index in [1.807, 2.05) is 26.8 Å². The van der Waals surface area contributed by atoms with E-state index >= 15 is 0 Å². The Balaban J connectivity index is 1.75. The Hall–Kier alpha value is -4.45. The lowest BCUT2D eigenvalue weighted by molar-refractivity contribution is -0.143. The molecule has 2 aromatic carbocycles. The first-order chi connectivity index (χ1) is 21.9. The average Bonchev–Trinajstić information content (AvgIpc) is 3.45. The number of carbonyl (C=O) groups is 5. The minimum absolute atomic E-state index is 0.00961. The molecular formula is C34H45N5O7. The van der Waals surface area contributed by atoms with Crippen molar-refractivity contribution in [2.75, 3.05) is 6.54 Å². The number of ether oxygens (including phenoxy) is 1. The summed E-state index contributed by atoms with van der Waals surface area (Å²) < 4.78 is 6.25. The van der Waals surface area contributed by atoms with Crippen LogP contribution in [0.4, 0.5) is 0 Å². The maximum atomic E-state index is 14.1. The molecule has 6 N–H and O–H groups in total. The standard InChI is InChI=1S/C34H45N5O7/c1-5-20(4)28-31(41)36-24(17-21-9-7-6-8-10-21)30(40)37-25(34(44)45)18-22-11-13-23(14-12-22)46-26-15-16-39(29(26)32(42)38-28)33(43)27(35)19(2)3/h6-14,19-20,24-29H,5,15-18,35H2,1-4H3,(H,36,41)(H,37,40)(H,38,42)(H,44,45). The van der Waals surface area contributed by atoms with Gasteiger partial charge in [-0.15, -0.1) is 0 Å². The van der Waals surface area contributed by atoms with Gasteiger partial charge in [0, 0.05) is 25.8 Å². The largest absolute Gasteiger partial charge is 0.488 e. The number of fused-ring (bicyclic) bond motifs is 11. The van der Waals surface area contributed by atoms with Crippen molar-refractivity contribution in [3.05, 3.63) is 65.7 Å². The highest BCUT2D eigenvalue weighted by molar-refractivity contribution is 5.96.